The van der Waals surface area contributed by atoms with Gasteiger partial charge >= 0.3 is 0 Å². The molecule has 9 aromatic rings. The lowest BCUT2D eigenvalue weighted by atomic mass is 10.1. The van der Waals surface area contributed by atoms with E-state index in [1.807, 2.05) is 48.5 Å². The van der Waals surface area contributed by atoms with Crippen molar-refractivity contribution in [2.75, 3.05) is 0 Å². The molecule has 43 heavy (non-hydrogen) atoms. The van der Waals surface area contributed by atoms with Crippen LogP contribution < -0.4 is 0 Å². The van der Waals surface area contributed by atoms with Crippen molar-refractivity contribution in [2.24, 2.45) is 0 Å². The molecule has 0 bridgehead atoms. The fraction of sp³-hybridized carbons (Fsp3) is 0. The van der Waals surface area contributed by atoms with Crippen LogP contribution in [0.15, 0.2) is 115 Å². The number of pyridine rings is 1. The first-order chi connectivity index (χ1) is 21.2. The van der Waals surface area contributed by atoms with Gasteiger partial charge in [-0.1, -0.05) is 54.6 Å². The molecule has 198 valence electrons. The molecule has 0 N–H and O–H groups in total. The van der Waals surface area contributed by atoms with Crippen LogP contribution >= 0.6 is 11.3 Å². The Bertz CT molecular complexity index is 2710. The van der Waals surface area contributed by atoms with E-state index in [0.717, 1.165) is 55.2 Å². The highest BCUT2D eigenvalue weighted by Crippen LogP contribution is 2.41. The SMILES string of the molecule is [C-]#[N+]c1ccc2sc3cc4c5ccccc5n(-c5cccc(-n6c7ccccc7c7cc(C#N)ccc76)n5)c4cc3c2c1. The van der Waals surface area contributed by atoms with Crippen molar-refractivity contribution < 1.29 is 0 Å². The first-order valence-electron chi connectivity index (χ1n) is 13.9. The standard InChI is InChI=1S/C37H19N5S/c1-39-23-14-16-34-28(18-23)29-19-33-27(20-35(29)43-34)25-8-3-5-10-31(25)42(33)37-12-6-11-36(40-37)41-30-9-4-2-7-24(30)26-17-22(21-38)13-15-32(26)41/h2-20H. The molecule has 0 fully saturated rings. The molecular formula is C37H19N5S. The summed E-state index contributed by atoms with van der Waals surface area (Å²) in [5, 5.41) is 16.3. The quantitative estimate of drug-likeness (QED) is 0.196. The maximum absolute atomic E-state index is 9.56. The van der Waals surface area contributed by atoms with Crippen LogP contribution in [0, 0.1) is 17.9 Å². The van der Waals surface area contributed by atoms with Gasteiger partial charge in [-0.25, -0.2) is 9.83 Å². The number of hydrogen-bond acceptors (Lipinski definition) is 3. The van der Waals surface area contributed by atoms with Gasteiger partial charge in [0.05, 0.1) is 40.3 Å². The van der Waals surface area contributed by atoms with E-state index in [9.17, 15) is 5.26 Å². The van der Waals surface area contributed by atoms with Gasteiger partial charge in [-0.2, -0.15) is 5.26 Å². The molecule has 0 atom stereocenters. The summed E-state index contributed by atoms with van der Waals surface area (Å²) in [5.74, 6) is 1.63. The van der Waals surface area contributed by atoms with E-state index >= 15 is 0 Å². The molecule has 0 saturated heterocycles. The van der Waals surface area contributed by atoms with Crippen LogP contribution in [0.25, 0.3) is 80.3 Å². The van der Waals surface area contributed by atoms with Crippen LogP contribution in [0.5, 0.6) is 0 Å². The predicted octanol–water partition coefficient (Wildman–Crippen LogP) is 10.1. The van der Waals surface area contributed by atoms with E-state index in [1.54, 1.807) is 11.3 Å². The lowest BCUT2D eigenvalue weighted by molar-refractivity contribution is 1.01. The summed E-state index contributed by atoms with van der Waals surface area (Å²) in [6.07, 6.45) is 0. The van der Waals surface area contributed by atoms with E-state index in [2.05, 4.69) is 86.8 Å². The molecule has 0 radical (unpaired) electrons. The Morgan fingerprint density at radius 2 is 1.23 bits per heavy atom. The van der Waals surface area contributed by atoms with E-state index < -0.39 is 0 Å². The third kappa shape index (κ3) is 3.33. The Hall–Kier alpha value is -5.95. The molecule has 5 nitrogen and oxygen atoms in total. The molecule has 0 aliphatic rings. The Morgan fingerprint density at radius 3 is 1.95 bits per heavy atom. The number of benzene rings is 5. The summed E-state index contributed by atoms with van der Waals surface area (Å²) in [6.45, 7) is 7.53. The second-order valence-corrected chi connectivity index (χ2v) is 11.7. The molecule has 0 unspecified atom stereocenters. The molecule has 9 rings (SSSR count). The minimum Gasteiger partial charge on any atom is -0.294 e. The predicted molar refractivity (Wildman–Crippen MR) is 177 cm³/mol. The summed E-state index contributed by atoms with van der Waals surface area (Å²) in [6, 6.07) is 41.5. The first-order valence-corrected chi connectivity index (χ1v) is 14.7. The molecule has 0 spiro atoms. The normalized spacial score (nSPS) is 11.7. The zero-order chi connectivity index (χ0) is 28.7. The summed E-state index contributed by atoms with van der Waals surface area (Å²) in [7, 11) is 0. The van der Waals surface area contributed by atoms with Crippen molar-refractivity contribution >= 4 is 80.8 Å². The van der Waals surface area contributed by atoms with Crippen LogP contribution in [0.1, 0.15) is 5.56 Å². The Kier molecular flexibility index (Phi) is 4.84. The second kappa shape index (κ2) is 8.77. The summed E-state index contributed by atoms with van der Waals surface area (Å²) < 4.78 is 6.81. The highest BCUT2D eigenvalue weighted by molar-refractivity contribution is 7.25. The minimum atomic E-state index is 0.637. The molecular weight excluding hydrogens is 547 g/mol. The summed E-state index contributed by atoms with van der Waals surface area (Å²) in [4.78, 5) is 8.96. The third-order valence-corrected chi connectivity index (χ3v) is 9.49. The van der Waals surface area contributed by atoms with Crippen LogP contribution in [0.2, 0.25) is 0 Å². The molecule has 5 aromatic carbocycles. The fourth-order valence-corrected chi connectivity index (χ4v) is 7.60. The van der Waals surface area contributed by atoms with Crippen molar-refractivity contribution in [2.45, 2.75) is 0 Å². The van der Waals surface area contributed by atoms with Gasteiger partial charge in [0.15, 0.2) is 5.69 Å². The monoisotopic (exact) mass is 565 g/mol. The maximum Gasteiger partial charge on any atom is 0.187 e. The lowest BCUT2D eigenvalue weighted by Gasteiger charge is -2.11. The van der Waals surface area contributed by atoms with Gasteiger partial charge in [0.25, 0.3) is 0 Å². The van der Waals surface area contributed by atoms with Gasteiger partial charge in [-0.15, -0.1) is 11.3 Å². The van der Waals surface area contributed by atoms with Crippen LogP contribution in [-0.2, 0) is 0 Å². The largest absolute Gasteiger partial charge is 0.294 e. The van der Waals surface area contributed by atoms with Crippen molar-refractivity contribution in [3.05, 3.63) is 132 Å². The zero-order valence-electron chi connectivity index (χ0n) is 22.6. The van der Waals surface area contributed by atoms with Gasteiger partial charge in [0.1, 0.15) is 11.6 Å². The zero-order valence-corrected chi connectivity index (χ0v) is 23.4. The number of hydrogen-bond donors (Lipinski definition) is 0. The second-order valence-electron chi connectivity index (χ2n) is 10.7. The van der Waals surface area contributed by atoms with Crippen molar-refractivity contribution in [1.82, 2.24) is 14.1 Å². The number of thiophene rings is 1. The average molecular weight is 566 g/mol. The number of fused-ring (bicyclic) bond motifs is 9. The van der Waals surface area contributed by atoms with E-state index in [4.69, 9.17) is 11.6 Å². The minimum absolute atomic E-state index is 0.637. The van der Waals surface area contributed by atoms with Gasteiger partial charge in [0, 0.05) is 36.3 Å². The molecule has 0 aliphatic heterocycles. The van der Waals surface area contributed by atoms with E-state index in [-0.39, 0.29) is 0 Å². The van der Waals surface area contributed by atoms with Crippen molar-refractivity contribution in [3.8, 4) is 17.7 Å². The van der Waals surface area contributed by atoms with E-state index in [1.165, 1.54) is 20.2 Å². The highest BCUT2D eigenvalue weighted by atomic mass is 32.1. The third-order valence-electron chi connectivity index (χ3n) is 8.36. The number of nitrogens with zero attached hydrogens (tertiary/aromatic N) is 5. The topological polar surface area (TPSA) is 50.9 Å². The lowest BCUT2D eigenvalue weighted by Crippen LogP contribution is -2.03. The maximum atomic E-state index is 9.56. The average Bonchev–Trinajstić information content (AvgIpc) is 3.70. The van der Waals surface area contributed by atoms with Crippen molar-refractivity contribution in [3.63, 3.8) is 0 Å². The number of aromatic nitrogens is 3. The Morgan fingerprint density at radius 1 is 0.581 bits per heavy atom. The molecule has 4 aromatic heterocycles. The van der Waals surface area contributed by atoms with Gasteiger partial charge in [-0.05, 0) is 66.0 Å². The Labute approximate surface area is 249 Å². The number of nitriles is 1. The summed E-state index contributed by atoms with van der Waals surface area (Å²) >= 11 is 1.76. The molecule has 4 heterocycles. The highest BCUT2D eigenvalue weighted by Gasteiger charge is 2.18. The van der Waals surface area contributed by atoms with Crippen molar-refractivity contribution in [1.29, 1.82) is 5.26 Å². The number of para-hydroxylation sites is 2. The summed E-state index contributed by atoms with van der Waals surface area (Å²) in [5.41, 5.74) is 5.50. The van der Waals surface area contributed by atoms with Crippen LogP contribution in [0.3, 0.4) is 0 Å². The van der Waals surface area contributed by atoms with Crippen LogP contribution in [-0.4, -0.2) is 14.1 Å². The molecule has 0 saturated carbocycles. The first kappa shape index (κ1) is 23.7. The van der Waals surface area contributed by atoms with Gasteiger partial charge in [-0.3, -0.25) is 9.13 Å². The van der Waals surface area contributed by atoms with Gasteiger partial charge < -0.3 is 0 Å². The fourth-order valence-electron chi connectivity index (χ4n) is 6.49. The molecule has 6 heteroatoms. The van der Waals surface area contributed by atoms with Gasteiger partial charge in [0.2, 0.25) is 0 Å². The van der Waals surface area contributed by atoms with E-state index in [0.29, 0.717) is 11.3 Å². The Balaban J connectivity index is 1.35. The van der Waals surface area contributed by atoms with Crippen LogP contribution in [0.4, 0.5) is 5.69 Å². The number of rotatable bonds is 2. The smallest absolute Gasteiger partial charge is 0.187 e. The molecule has 0 amide bonds. The molecule has 0 aliphatic carbocycles.